The molecule has 0 fully saturated rings. The number of aliphatic carboxylic acids is 1. The SMILES string of the molecule is CN(CC(=O)NCC(=O)O)C1CCc2ccccc21.Cl. The molecule has 0 saturated heterocycles. The molecule has 110 valence electrons. The number of aryl methyl sites for hydroxylation is 1. The lowest BCUT2D eigenvalue weighted by molar-refractivity contribution is -0.138. The van der Waals surface area contributed by atoms with Crippen LogP contribution in [0.3, 0.4) is 0 Å². The highest BCUT2D eigenvalue weighted by Crippen LogP contribution is 2.34. The molecule has 1 aromatic rings. The smallest absolute Gasteiger partial charge is 0.322 e. The maximum atomic E-state index is 11.6. The maximum absolute atomic E-state index is 11.6. The van der Waals surface area contributed by atoms with Gasteiger partial charge in [0.15, 0.2) is 0 Å². The quantitative estimate of drug-likeness (QED) is 0.858. The van der Waals surface area contributed by atoms with Crippen LogP contribution in [0.1, 0.15) is 23.6 Å². The molecule has 0 aromatic heterocycles. The molecule has 0 spiro atoms. The molecule has 5 nitrogen and oxygen atoms in total. The molecule has 1 aliphatic carbocycles. The van der Waals surface area contributed by atoms with E-state index in [1.165, 1.54) is 11.1 Å². The number of hydrogen-bond acceptors (Lipinski definition) is 3. The second kappa shape index (κ2) is 7.26. The van der Waals surface area contributed by atoms with Gasteiger partial charge >= 0.3 is 5.97 Å². The molecular weight excluding hydrogens is 280 g/mol. The lowest BCUT2D eigenvalue weighted by Gasteiger charge is -2.24. The molecule has 1 atom stereocenters. The predicted octanol–water partition coefficient (Wildman–Crippen LogP) is 1.23. The first kappa shape index (κ1) is 16.5. The summed E-state index contributed by atoms with van der Waals surface area (Å²) < 4.78 is 0. The van der Waals surface area contributed by atoms with E-state index in [-0.39, 0.29) is 37.4 Å². The summed E-state index contributed by atoms with van der Waals surface area (Å²) in [7, 11) is 1.90. The predicted molar refractivity (Wildman–Crippen MR) is 78.0 cm³/mol. The van der Waals surface area contributed by atoms with Crippen molar-refractivity contribution in [2.24, 2.45) is 0 Å². The number of nitrogens with zero attached hydrogens (tertiary/aromatic N) is 1. The summed E-state index contributed by atoms with van der Waals surface area (Å²) in [6.45, 7) is -0.111. The van der Waals surface area contributed by atoms with E-state index in [2.05, 4.69) is 17.4 Å². The van der Waals surface area contributed by atoms with Gasteiger partial charge in [-0.2, -0.15) is 0 Å². The van der Waals surface area contributed by atoms with E-state index in [4.69, 9.17) is 5.11 Å². The molecule has 0 bridgehead atoms. The molecule has 0 radical (unpaired) electrons. The number of carboxylic acid groups (broad SMARTS) is 1. The normalized spacial score (nSPS) is 16.4. The fraction of sp³-hybridized carbons (Fsp3) is 0.429. The van der Waals surface area contributed by atoms with Crippen LogP contribution in [-0.2, 0) is 16.0 Å². The van der Waals surface area contributed by atoms with Crippen molar-refractivity contribution in [3.8, 4) is 0 Å². The monoisotopic (exact) mass is 298 g/mol. The number of carbonyl (C=O) groups excluding carboxylic acids is 1. The second-order valence-electron chi connectivity index (χ2n) is 4.84. The van der Waals surface area contributed by atoms with Gasteiger partial charge in [0.1, 0.15) is 6.54 Å². The van der Waals surface area contributed by atoms with Crippen LogP contribution >= 0.6 is 12.4 Å². The van der Waals surface area contributed by atoms with Crippen molar-refractivity contribution in [1.82, 2.24) is 10.2 Å². The zero-order valence-electron chi connectivity index (χ0n) is 11.3. The third-order valence-electron chi connectivity index (χ3n) is 3.46. The first-order valence-corrected chi connectivity index (χ1v) is 6.34. The molecule has 2 rings (SSSR count). The molecule has 1 aromatic carbocycles. The summed E-state index contributed by atoms with van der Waals surface area (Å²) in [5.74, 6) is -1.28. The Balaban J connectivity index is 0.00000200. The Hall–Kier alpha value is -1.59. The minimum Gasteiger partial charge on any atom is -0.480 e. The van der Waals surface area contributed by atoms with Crippen molar-refractivity contribution < 1.29 is 14.7 Å². The van der Waals surface area contributed by atoms with E-state index < -0.39 is 5.97 Å². The van der Waals surface area contributed by atoms with E-state index in [0.29, 0.717) is 0 Å². The van der Waals surface area contributed by atoms with Gasteiger partial charge in [-0.15, -0.1) is 12.4 Å². The van der Waals surface area contributed by atoms with Crippen LogP contribution in [0, 0.1) is 0 Å². The number of rotatable bonds is 5. The largest absolute Gasteiger partial charge is 0.480 e. The number of hydrogen-bond donors (Lipinski definition) is 2. The zero-order valence-corrected chi connectivity index (χ0v) is 12.2. The van der Waals surface area contributed by atoms with E-state index in [9.17, 15) is 9.59 Å². The molecule has 0 aliphatic heterocycles. The van der Waals surface area contributed by atoms with Gasteiger partial charge in [0.05, 0.1) is 6.54 Å². The third kappa shape index (κ3) is 3.95. The van der Waals surface area contributed by atoms with E-state index in [1.807, 2.05) is 24.1 Å². The highest BCUT2D eigenvalue weighted by molar-refractivity contribution is 5.85. The van der Waals surface area contributed by atoms with Crippen LogP contribution in [0.4, 0.5) is 0 Å². The summed E-state index contributed by atoms with van der Waals surface area (Å²) in [6, 6.07) is 8.49. The Bertz CT molecular complexity index is 493. The topological polar surface area (TPSA) is 69.6 Å². The van der Waals surface area contributed by atoms with Crippen molar-refractivity contribution in [3.63, 3.8) is 0 Å². The Morgan fingerprint density at radius 1 is 1.40 bits per heavy atom. The molecule has 6 heteroatoms. The van der Waals surface area contributed by atoms with Gasteiger partial charge in [-0.25, -0.2) is 0 Å². The zero-order chi connectivity index (χ0) is 13.8. The average Bonchev–Trinajstić information content (AvgIpc) is 2.80. The average molecular weight is 299 g/mol. The first-order valence-electron chi connectivity index (χ1n) is 6.34. The second-order valence-corrected chi connectivity index (χ2v) is 4.84. The van der Waals surface area contributed by atoms with Crippen molar-refractivity contribution in [1.29, 1.82) is 0 Å². The Labute approximate surface area is 124 Å². The number of benzene rings is 1. The molecule has 0 saturated carbocycles. The first-order chi connectivity index (χ1) is 9.08. The number of carboxylic acids is 1. The Morgan fingerprint density at radius 2 is 2.10 bits per heavy atom. The van der Waals surface area contributed by atoms with Gasteiger partial charge < -0.3 is 10.4 Å². The highest BCUT2D eigenvalue weighted by atomic mass is 35.5. The van der Waals surface area contributed by atoms with Crippen LogP contribution in [0.5, 0.6) is 0 Å². The molecule has 2 N–H and O–H groups in total. The number of fused-ring (bicyclic) bond motifs is 1. The van der Waals surface area contributed by atoms with Crippen molar-refractivity contribution in [2.75, 3.05) is 20.1 Å². The van der Waals surface area contributed by atoms with Crippen molar-refractivity contribution in [3.05, 3.63) is 35.4 Å². The molecule has 1 aliphatic rings. The van der Waals surface area contributed by atoms with Gasteiger partial charge in [-0.1, -0.05) is 24.3 Å². The molecule has 20 heavy (non-hydrogen) atoms. The van der Waals surface area contributed by atoms with Crippen molar-refractivity contribution in [2.45, 2.75) is 18.9 Å². The Morgan fingerprint density at radius 3 is 2.80 bits per heavy atom. The highest BCUT2D eigenvalue weighted by Gasteiger charge is 2.26. The van der Waals surface area contributed by atoms with Crippen molar-refractivity contribution >= 4 is 24.3 Å². The third-order valence-corrected chi connectivity index (χ3v) is 3.46. The van der Waals surface area contributed by atoms with Gasteiger partial charge in [-0.05, 0) is 31.0 Å². The van der Waals surface area contributed by atoms with E-state index in [1.54, 1.807) is 0 Å². The number of carbonyl (C=O) groups is 2. The summed E-state index contributed by atoms with van der Waals surface area (Å²) >= 11 is 0. The van der Waals surface area contributed by atoms with Gasteiger partial charge in [0.25, 0.3) is 0 Å². The van der Waals surface area contributed by atoms with E-state index >= 15 is 0 Å². The van der Waals surface area contributed by atoms with Crippen LogP contribution in [0.25, 0.3) is 0 Å². The summed E-state index contributed by atoms with van der Waals surface area (Å²) in [5.41, 5.74) is 2.61. The Kier molecular flexibility index (Phi) is 5.98. The number of halogens is 1. The molecule has 0 heterocycles. The van der Waals surface area contributed by atoms with Crippen LogP contribution in [0.2, 0.25) is 0 Å². The van der Waals surface area contributed by atoms with Crippen LogP contribution in [0.15, 0.2) is 24.3 Å². The lowest BCUT2D eigenvalue weighted by Crippen LogP contribution is -2.38. The number of likely N-dealkylation sites (N-methyl/N-ethyl adjacent to an activating group) is 1. The fourth-order valence-electron chi connectivity index (χ4n) is 2.56. The summed E-state index contributed by atoms with van der Waals surface area (Å²) in [4.78, 5) is 24.0. The fourth-order valence-corrected chi connectivity index (χ4v) is 2.56. The van der Waals surface area contributed by atoms with Gasteiger partial charge in [-0.3, -0.25) is 14.5 Å². The van der Waals surface area contributed by atoms with Crippen LogP contribution in [-0.4, -0.2) is 42.0 Å². The van der Waals surface area contributed by atoms with Crippen LogP contribution < -0.4 is 5.32 Å². The minimum atomic E-state index is -1.03. The maximum Gasteiger partial charge on any atom is 0.322 e. The number of nitrogens with one attached hydrogen (secondary N) is 1. The summed E-state index contributed by atoms with van der Waals surface area (Å²) in [6.07, 6.45) is 2.03. The molecule has 1 amide bonds. The summed E-state index contributed by atoms with van der Waals surface area (Å²) in [5, 5.41) is 10.9. The molecular formula is C14H19ClN2O3. The standard InChI is InChI=1S/C14H18N2O3.ClH/c1-16(9-13(17)15-8-14(18)19)12-7-6-10-4-2-3-5-11(10)12;/h2-5,12H,6-9H2,1H3,(H,15,17)(H,18,19);1H. The number of amides is 1. The van der Waals surface area contributed by atoms with Gasteiger partial charge in [0.2, 0.25) is 5.91 Å². The minimum absolute atomic E-state index is 0. The van der Waals surface area contributed by atoms with Gasteiger partial charge in [0, 0.05) is 6.04 Å². The van der Waals surface area contributed by atoms with E-state index in [0.717, 1.165) is 12.8 Å². The lowest BCUT2D eigenvalue weighted by atomic mass is 10.1. The molecule has 1 unspecified atom stereocenters.